The number of benzene rings is 1. The van der Waals surface area contributed by atoms with Crippen molar-refractivity contribution in [3.63, 3.8) is 0 Å². The van der Waals surface area contributed by atoms with Crippen LogP contribution >= 0.6 is 0 Å². The molecule has 0 spiro atoms. The summed E-state index contributed by atoms with van der Waals surface area (Å²) in [5, 5.41) is 10.5. The number of nitrogens with two attached hydrogens (primary N) is 1. The minimum absolute atomic E-state index is 0.191. The molecule has 1 amide bonds. The van der Waals surface area contributed by atoms with E-state index in [0.717, 1.165) is 22.2 Å². The van der Waals surface area contributed by atoms with Crippen molar-refractivity contribution < 1.29 is 9.53 Å². The second-order valence-electron chi connectivity index (χ2n) is 7.46. The van der Waals surface area contributed by atoms with E-state index >= 15 is 0 Å². The van der Waals surface area contributed by atoms with Crippen LogP contribution in [0.15, 0.2) is 30.5 Å². The van der Waals surface area contributed by atoms with E-state index < -0.39 is 11.7 Å². The van der Waals surface area contributed by atoms with Crippen LogP contribution in [-0.4, -0.2) is 36.8 Å². The summed E-state index contributed by atoms with van der Waals surface area (Å²) in [7, 11) is 0. The number of anilines is 1. The standard InChI is InChI=1S/C19H21N7O2/c1-19(2,3)28-18(27)21-9-14-24-15-11-5-4-10(12-6-7-22-26-12)8-13(11)23-17(20)16(15)25-14/h4-8H,9H2,1-3H3,(H2,20,23)(H,21,27)(H,22,26)(H,24,25). The first kappa shape index (κ1) is 17.8. The Labute approximate surface area is 160 Å². The molecule has 144 valence electrons. The number of hydrogen-bond donors (Lipinski definition) is 4. The lowest BCUT2D eigenvalue weighted by Crippen LogP contribution is -2.32. The SMILES string of the molecule is CC(C)(C)OC(=O)NCc1nc2c([nH]1)c(N)nc1cc(-c3ccn[nH]3)ccc12. The molecule has 0 saturated carbocycles. The molecule has 0 aliphatic heterocycles. The normalized spacial score (nSPS) is 11.8. The first-order valence-electron chi connectivity index (χ1n) is 8.84. The highest BCUT2D eigenvalue weighted by molar-refractivity contribution is 6.07. The monoisotopic (exact) mass is 379 g/mol. The third-order valence-electron chi connectivity index (χ3n) is 4.11. The maximum Gasteiger partial charge on any atom is 0.408 e. The Bertz CT molecular complexity index is 1160. The van der Waals surface area contributed by atoms with Gasteiger partial charge in [0.1, 0.15) is 28.3 Å². The van der Waals surface area contributed by atoms with Crippen LogP contribution in [0.1, 0.15) is 26.6 Å². The predicted molar refractivity (Wildman–Crippen MR) is 106 cm³/mol. The van der Waals surface area contributed by atoms with Gasteiger partial charge in [-0.2, -0.15) is 5.10 Å². The van der Waals surface area contributed by atoms with Crippen molar-refractivity contribution in [3.8, 4) is 11.3 Å². The predicted octanol–water partition coefficient (Wildman–Crippen LogP) is 3.11. The van der Waals surface area contributed by atoms with Crippen molar-refractivity contribution in [1.29, 1.82) is 0 Å². The van der Waals surface area contributed by atoms with Gasteiger partial charge < -0.3 is 20.8 Å². The second kappa shape index (κ2) is 6.52. The highest BCUT2D eigenvalue weighted by atomic mass is 16.6. The van der Waals surface area contributed by atoms with E-state index in [1.807, 2.05) is 45.0 Å². The van der Waals surface area contributed by atoms with Gasteiger partial charge >= 0.3 is 6.09 Å². The minimum atomic E-state index is -0.561. The smallest absolute Gasteiger partial charge is 0.408 e. The summed E-state index contributed by atoms with van der Waals surface area (Å²) in [5.74, 6) is 0.916. The summed E-state index contributed by atoms with van der Waals surface area (Å²) in [6, 6.07) is 7.75. The van der Waals surface area contributed by atoms with Gasteiger partial charge in [0.2, 0.25) is 0 Å². The quantitative estimate of drug-likeness (QED) is 0.432. The number of carbonyl (C=O) groups is 1. The fourth-order valence-corrected chi connectivity index (χ4v) is 2.95. The van der Waals surface area contributed by atoms with Crippen LogP contribution in [0.4, 0.5) is 10.6 Å². The Morgan fingerprint density at radius 2 is 2.07 bits per heavy atom. The van der Waals surface area contributed by atoms with Crippen molar-refractivity contribution >= 4 is 33.8 Å². The fraction of sp³-hybridized carbons (Fsp3) is 0.263. The van der Waals surface area contributed by atoms with Crippen molar-refractivity contribution in [2.45, 2.75) is 32.9 Å². The van der Waals surface area contributed by atoms with E-state index in [0.29, 0.717) is 22.7 Å². The molecule has 0 radical (unpaired) electrons. The minimum Gasteiger partial charge on any atom is -0.444 e. The van der Waals surface area contributed by atoms with Crippen LogP contribution in [0.25, 0.3) is 33.2 Å². The summed E-state index contributed by atoms with van der Waals surface area (Å²) < 4.78 is 5.24. The molecule has 0 atom stereocenters. The molecule has 0 saturated heterocycles. The molecule has 0 bridgehead atoms. The summed E-state index contributed by atoms with van der Waals surface area (Å²) >= 11 is 0. The van der Waals surface area contributed by atoms with E-state index in [9.17, 15) is 4.79 Å². The Balaban J connectivity index is 1.66. The molecule has 0 aliphatic carbocycles. The maximum atomic E-state index is 11.9. The van der Waals surface area contributed by atoms with E-state index in [-0.39, 0.29) is 6.54 Å². The first-order chi connectivity index (χ1) is 13.3. The van der Waals surface area contributed by atoms with Crippen molar-refractivity contribution in [2.24, 2.45) is 0 Å². The Hall–Kier alpha value is -3.62. The van der Waals surface area contributed by atoms with Crippen LogP contribution in [-0.2, 0) is 11.3 Å². The Morgan fingerprint density at radius 1 is 1.25 bits per heavy atom. The van der Waals surface area contributed by atoms with Crippen LogP contribution in [0.3, 0.4) is 0 Å². The molecule has 3 heterocycles. The third kappa shape index (κ3) is 3.46. The van der Waals surface area contributed by atoms with Crippen LogP contribution in [0.2, 0.25) is 0 Å². The lowest BCUT2D eigenvalue weighted by molar-refractivity contribution is 0.0522. The number of ether oxygens (including phenoxy) is 1. The zero-order valence-corrected chi connectivity index (χ0v) is 15.8. The molecular weight excluding hydrogens is 358 g/mol. The molecular formula is C19H21N7O2. The lowest BCUT2D eigenvalue weighted by atomic mass is 10.1. The highest BCUT2D eigenvalue weighted by Gasteiger charge is 2.17. The molecule has 5 N–H and O–H groups in total. The number of imidazole rings is 1. The van der Waals surface area contributed by atoms with Gasteiger partial charge in [0.05, 0.1) is 17.8 Å². The van der Waals surface area contributed by atoms with Gasteiger partial charge in [-0.25, -0.2) is 14.8 Å². The van der Waals surface area contributed by atoms with E-state index in [2.05, 4.69) is 30.5 Å². The zero-order valence-electron chi connectivity index (χ0n) is 15.8. The first-order valence-corrected chi connectivity index (χ1v) is 8.84. The van der Waals surface area contributed by atoms with E-state index in [4.69, 9.17) is 10.5 Å². The number of hydrogen-bond acceptors (Lipinski definition) is 6. The van der Waals surface area contributed by atoms with E-state index in [1.165, 1.54) is 0 Å². The number of nitrogens with one attached hydrogen (secondary N) is 3. The Morgan fingerprint density at radius 3 is 2.79 bits per heavy atom. The number of fused-ring (bicyclic) bond motifs is 3. The number of rotatable bonds is 3. The third-order valence-corrected chi connectivity index (χ3v) is 4.11. The van der Waals surface area contributed by atoms with Gasteiger partial charge in [-0.05, 0) is 39.0 Å². The highest BCUT2D eigenvalue weighted by Crippen LogP contribution is 2.29. The van der Waals surface area contributed by atoms with Gasteiger partial charge in [-0.1, -0.05) is 6.07 Å². The fourth-order valence-electron chi connectivity index (χ4n) is 2.95. The number of H-pyrrole nitrogens is 2. The largest absolute Gasteiger partial charge is 0.444 e. The summed E-state index contributed by atoms with van der Waals surface area (Å²) in [6.45, 7) is 5.62. The molecule has 0 fully saturated rings. The van der Waals surface area contributed by atoms with Crippen LogP contribution in [0.5, 0.6) is 0 Å². The number of carbonyl (C=O) groups excluding carboxylic acids is 1. The van der Waals surface area contributed by atoms with Crippen LogP contribution < -0.4 is 11.1 Å². The Kier molecular flexibility index (Phi) is 4.14. The maximum absolute atomic E-state index is 11.9. The number of pyridine rings is 1. The van der Waals surface area contributed by atoms with Gasteiger partial charge in [0, 0.05) is 17.1 Å². The molecule has 3 aromatic heterocycles. The van der Waals surface area contributed by atoms with Gasteiger partial charge in [-0.3, -0.25) is 5.10 Å². The number of alkyl carbamates (subject to hydrolysis) is 1. The lowest BCUT2D eigenvalue weighted by Gasteiger charge is -2.19. The number of nitrogen functional groups attached to an aromatic ring is 1. The number of amides is 1. The van der Waals surface area contributed by atoms with Gasteiger partial charge in [0.15, 0.2) is 0 Å². The van der Waals surface area contributed by atoms with Crippen LogP contribution in [0, 0.1) is 0 Å². The average Bonchev–Trinajstić information content (AvgIpc) is 3.28. The molecule has 1 aromatic carbocycles. The van der Waals surface area contributed by atoms with Crippen molar-refractivity contribution in [3.05, 3.63) is 36.3 Å². The summed E-state index contributed by atoms with van der Waals surface area (Å²) in [6.07, 6.45) is 1.19. The van der Waals surface area contributed by atoms with Crippen molar-refractivity contribution in [2.75, 3.05) is 5.73 Å². The topological polar surface area (TPSA) is 135 Å². The molecule has 28 heavy (non-hydrogen) atoms. The molecule has 4 aromatic rings. The molecule has 4 rings (SSSR count). The van der Waals surface area contributed by atoms with Crippen molar-refractivity contribution in [1.82, 2.24) is 30.5 Å². The van der Waals surface area contributed by atoms with Gasteiger partial charge in [-0.15, -0.1) is 0 Å². The number of nitrogens with zero attached hydrogens (tertiary/aromatic N) is 3. The average molecular weight is 379 g/mol. The zero-order chi connectivity index (χ0) is 19.9. The molecule has 9 heteroatoms. The number of aromatic nitrogens is 5. The second-order valence-corrected chi connectivity index (χ2v) is 7.46. The van der Waals surface area contributed by atoms with Gasteiger partial charge in [0.25, 0.3) is 0 Å². The molecule has 9 nitrogen and oxygen atoms in total. The number of aromatic amines is 2. The summed E-state index contributed by atoms with van der Waals surface area (Å²) in [5.41, 5.74) is 9.50. The molecule has 0 aliphatic rings. The van der Waals surface area contributed by atoms with E-state index in [1.54, 1.807) is 6.20 Å². The summed E-state index contributed by atoms with van der Waals surface area (Å²) in [4.78, 5) is 24.1. The molecule has 0 unspecified atom stereocenters.